The van der Waals surface area contributed by atoms with Gasteiger partial charge in [-0.05, 0) is 42.8 Å². The first-order valence-electron chi connectivity index (χ1n) is 8.67. The number of nitrogens with zero attached hydrogens (tertiary/aromatic N) is 3. The first kappa shape index (κ1) is 18.9. The maximum atomic E-state index is 12.6. The number of aryl methyl sites for hydroxylation is 1. The zero-order valence-electron chi connectivity index (χ0n) is 15.3. The summed E-state index contributed by atoms with van der Waals surface area (Å²) in [5.41, 5.74) is 3.19. The van der Waals surface area contributed by atoms with E-state index in [2.05, 4.69) is 16.3 Å². The molecule has 27 heavy (non-hydrogen) atoms. The highest BCUT2D eigenvalue weighted by Gasteiger charge is 2.22. The van der Waals surface area contributed by atoms with Crippen LogP contribution in [0.15, 0.2) is 36.4 Å². The third-order valence-corrected chi connectivity index (χ3v) is 5.06. The van der Waals surface area contributed by atoms with E-state index in [9.17, 15) is 4.79 Å². The number of urea groups is 1. The quantitative estimate of drug-likeness (QED) is 0.871. The molecule has 0 bridgehead atoms. The van der Waals surface area contributed by atoms with E-state index >= 15 is 0 Å². The molecule has 2 aromatic rings. The zero-order chi connectivity index (χ0) is 19.4. The molecule has 0 spiro atoms. The number of nitriles is 1. The maximum absolute atomic E-state index is 12.6. The number of nitrogens with one attached hydrogen (secondary N) is 1. The minimum Gasteiger partial charge on any atom is -0.495 e. The van der Waals surface area contributed by atoms with Crippen molar-refractivity contribution in [2.24, 2.45) is 0 Å². The van der Waals surface area contributed by atoms with Gasteiger partial charge in [0.15, 0.2) is 0 Å². The summed E-state index contributed by atoms with van der Waals surface area (Å²) in [4.78, 5) is 16.6. The number of hydrogen-bond acceptors (Lipinski definition) is 4. The summed E-state index contributed by atoms with van der Waals surface area (Å²) < 4.78 is 5.31. The second-order valence-electron chi connectivity index (χ2n) is 6.36. The Kier molecular flexibility index (Phi) is 5.72. The molecule has 2 amide bonds. The van der Waals surface area contributed by atoms with Crippen LogP contribution in [0.4, 0.5) is 16.2 Å². The topological polar surface area (TPSA) is 68.6 Å². The van der Waals surface area contributed by atoms with Crippen molar-refractivity contribution in [2.45, 2.75) is 6.92 Å². The molecule has 1 aliphatic heterocycles. The average molecular weight is 385 g/mol. The molecule has 0 aliphatic carbocycles. The van der Waals surface area contributed by atoms with Crippen molar-refractivity contribution >= 4 is 29.0 Å². The number of carbonyl (C=O) groups excluding carboxylic acids is 1. The van der Waals surface area contributed by atoms with E-state index in [4.69, 9.17) is 21.6 Å². The van der Waals surface area contributed by atoms with E-state index in [1.54, 1.807) is 18.1 Å². The second-order valence-corrected chi connectivity index (χ2v) is 6.77. The van der Waals surface area contributed by atoms with E-state index < -0.39 is 0 Å². The molecule has 1 N–H and O–H groups in total. The Morgan fingerprint density at radius 1 is 1.19 bits per heavy atom. The highest BCUT2D eigenvalue weighted by Crippen LogP contribution is 2.31. The van der Waals surface area contributed by atoms with Crippen LogP contribution < -0.4 is 15.0 Å². The molecule has 2 aromatic carbocycles. The molecule has 140 valence electrons. The van der Waals surface area contributed by atoms with Gasteiger partial charge in [-0.1, -0.05) is 11.6 Å². The van der Waals surface area contributed by atoms with E-state index in [0.29, 0.717) is 35.1 Å². The Morgan fingerprint density at radius 3 is 2.44 bits per heavy atom. The van der Waals surface area contributed by atoms with Gasteiger partial charge in [-0.15, -0.1) is 0 Å². The normalized spacial score (nSPS) is 13.9. The molecule has 0 radical (unpaired) electrons. The SMILES string of the molecule is COc1cc(Cl)c(C)cc1NC(=O)N1CCN(c2ccc(C#N)cc2)CC1. The Hall–Kier alpha value is -2.91. The highest BCUT2D eigenvalue weighted by atomic mass is 35.5. The van der Waals surface area contributed by atoms with Crippen LogP contribution in [0.2, 0.25) is 5.02 Å². The van der Waals surface area contributed by atoms with Crippen LogP contribution in [0, 0.1) is 18.3 Å². The number of rotatable bonds is 3. The number of halogens is 1. The third kappa shape index (κ3) is 4.26. The molecular formula is C20H21ClN4O2. The van der Waals surface area contributed by atoms with Crippen LogP contribution in [0.1, 0.15) is 11.1 Å². The summed E-state index contributed by atoms with van der Waals surface area (Å²) >= 11 is 6.12. The Balaban J connectivity index is 1.62. The lowest BCUT2D eigenvalue weighted by atomic mass is 10.2. The lowest BCUT2D eigenvalue weighted by molar-refractivity contribution is 0.208. The summed E-state index contributed by atoms with van der Waals surface area (Å²) in [5, 5.41) is 12.4. The van der Waals surface area contributed by atoms with Gasteiger partial charge in [-0.3, -0.25) is 0 Å². The number of ether oxygens (including phenoxy) is 1. The number of hydrogen-bond donors (Lipinski definition) is 1. The molecule has 1 aliphatic rings. The standard InChI is InChI=1S/C20H21ClN4O2/c1-14-11-18(19(27-2)12-17(14)21)23-20(26)25-9-7-24(8-10-25)16-5-3-15(13-22)4-6-16/h3-6,11-12H,7-10H2,1-2H3,(H,23,26). The van der Waals surface area contributed by atoms with Crippen LogP contribution >= 0.6 is 11.6 Å². The number of anilines is 2. The Labute approximate surface area is 163 Å². The number of benzene rings is 2. The number of amides is 2. The van der Waals surface area contributed by atoms with Crippen molar-refractivity contribution in [3.63, 3.8) is 0 Å². The van der Waals surface area contributed by atoms with E-state index in [0.717, 1.165) is 24.3 Å². The summed E-state index contributed by atoms with van der Waals surface area (Å²) in [7, 11) is 1.55. The van der Waals surface area contributed by atoms with Crippen LogP contribution in [-0.4, -0.2) is 44.2 Å². The molecule has 1 heterocycles. The lowest BCUT2D eigenvalue weighted by Gasteiger charge is -2.36. The smallest absolute Gasteiger partial charge is 0.322 e. The Morgan fingerprint density at radius 2 is 1.85 bits per heavy atom. The molecule has 7 heteroatoms. The van der Waals surface area contributed by atoms with Crippen LogP contribution in [0.5, 0.6) is 5.75 Å². The predicted molar refractivity (Wildman–Crippen MR) is 107 cm³/mol. The molecular weight excluding hydrogens is 364 g/mol. The fourth-order valence-electron chi connectivity index (χ4n) is 3.04. The average Bonchev–Trinajstić information content (AvgIpc) is 2.70. The lowest BCUT2D eigenvalue weighted by Crippen LogP contribution is -2.50. The summed E-state index contributed by atoms with van der Waals surface area (Å²) in [6, 6.07) is 13.0. The minimum absolute atomic E-state index is 0.158. The number of carbonyl (C=O) groups is 1. The van der Waals surface area contributed by atoms with Gasteiger partial charge in [0.2, 0.25) is 0 Å². The van der Waals surface area contributed by atoms with Crippen LogP contribution in [-0.2, 0) is 0 Å². The maximum Gasteiger partial charge on any atom is 0.322 e. The number of methoxy groups -OCH3 is 1. The van der Waals surface area contributed by atoms with Gasteiger partial charge in [-0.2, -0.15) is 5.26 Å². The third-order valence-electron chi connectivity index (χ3n) is 4.65. The second kappa shape index (κ2) is 8.19. The fourth-order valence-corrected chi connectivity index (χ4v) is 3.19. The summed E-state index contributed by atoms with van der Waals surface area (Å²) in [6.45, 7) is 4.57. The van der Waals surface area contributed by atoms with Crippen LogP contribution in [0.25, 0.3) is 0 Å². The number of piperazine rings is 1. The van der Waals surface area contributed by atoms with E-state index in [1.807, 2.05) is 37.3 Å². The first-order valence-corrected chi connectivity index (χ1v) is 9.05. The van der Waals surface area contributed by atoms with Crippen LogP contribution in [0.3, 0.4) is 0 Å². The van der Waals surface area contributed by atoms with Crippen molar-refractivity contribution in [2.75, 3.05) is 43.5 Å². The van der Waals surface area contributed by atoms with Gasteiger partial charge in [0, 0.05) is 43.0 Å². The largest absolute Gasteiger partial charge is 0.495 e. The predicted octanol–water partition coefficient (Wildman–Crippen LogP) is 3.88. The van der Waals surface area contributed by atoms with Gasteiger partial charge in [0.1, 0.15) is 5.75 Å². The Bertz CT molecular complexity index is 869. The molecule has 1 fully saturated rings. The zero-order valence-corrected chi connectivity index (χ0v) is 16.1. The van der Waals surface area contributed by atoms with Crippen molar-refractivity contribution < 1.29 is 9.53 Å². The molecule has 0 unspecified atom stereocenters. The molecule has 1 saturated heterocycles. The fraction of sp³-hybridized carbons (Fsp3) is 0.300. The summed E-state index contributed by atoms with van der Waals surface area (Å²) in [6.07, 6.45) is 0. The van der Waals surface area contributed by atoms with Gasteiger partial charge in [0.25, 0.3) is 0 Å². The molecule has 6 nitrogen and oxygen atoms in total. The monoisotopic (exact) mass is 384 g/mol. The van der Waals surface area contributed by atoms with E-state index in [1.165, 1.54) is 0 Å². The van der Waals surface area contributed by atoms with Crippen molar-refractivity contribution in [3.8, 4) is 11.8 Å². The van der Waals surface area contributed by atoms with Crippen molar-refractivity contribution in [1.82, 2.24) is 4.90 Å². The van der Waals surface area contributed by atoms with Gasteiger partial charge < -0.3 is 19.9 Å². The molecule has 3 rings (SSSR count). The van der Waals surface area contributed by atoms with Gasteiger partial charge in [-0.25, -0.2) is 4.79 Å². The summed E-state index contributed by atoms with van der Waals surface area (Å²) in [5.74, 6) is 0.537. The molecule has 0 aromatic heterocycles. The van der Waals surface area contributed by atoms with Gasteiger partial charge >= 0.3 is 6.03 Å². The van der Waals surface area contributed by atoms with Crippen molar-refractivity contribution in [1.29, 1.82) is 5.26 Å². The first-order chi connectivity index (χ1) is 13.0. The molecule has 0 saturated carbocycles. The highest BCUT2D eigenvalue weighted by molar-refractivity contribution is 6.31. The minimum atomic E-state index is -0.158. The van der Waals surface area contributed by atoms with Gasteiger partial charge in [0.05, 0.1) is 24.4 Å². The van der Waals surface area contributed by atoms with Crippen molar-refractivity contribution in [3.05, 3.63) is 52.5 Å². The van der Waals surface area contributed by atoms with E-state index in [-0.39, 0.29) is 6.03 Å². The molecule has 0 atom stereocenters.